The van der Waals surface area contributed by atoms with E-state index in [4.69, 9.17) is 18.9 Å². The molecule has 2 fully saturated rings. The minimum absolute atomic E-state index is 0.0181. The summed E-state index contributed by atoms with van der Waals surface area (Å²) in [6, 6.07) is 7.13. The maximum Gasteiger partial charge on any atom is 0.314 e. The van der Waals surface area contributed by atoms with Crippen molar-refractivity contribution in [3.05, 3.63) is 30.5 Å². The number of hydrogen-bond donors (Lipinski definition) is 0. The Bertz CT molecular complexity index is 1520. The highest BCUT2D eigenvalue weighted by Gasteiger charge is 2.32. The van der Waals surface area contributed by atoms with Crippen molar-refractivity contribution >= 4 is 66.7 Å². The van der Waals surface area contributed by atoms with E-state index in [1.54, 1.807) is 43.6 Å². The van der Waals surface area contributed by atoms with Crippen molar-refractivity contribution in [3.63, 3.8) is 0 Å². The first-order valence-electron chi connectivity index (χ1n) is 14.1. The molecule has 41 heavy (non-hydrogen) atoms. The van der Waals surface area contributed by atoms with Gasteiger partial charge in [0, 0.05) is 17.9 Å². The molecule has 0 aliphatic heterocycles. The topological polar surface area (TPSA) is 113 Å². The summed E-state index contributed by atoms with van der Waals surface area (Å²) >= 11 is 2.92. The van der Waals surface area contributed by atoms with Crippen LogP contribution >= 0.6 is 22.7 Å². The zero-order valence-electron chi connectivity index (χ0n) is 23.0. The minimum Gasteiger partial charge on any atom is -0.463 e. The van der Waals surface area contributed by atoms with E-state index in [1.165, 1.54) is 11.3 Å². The number of benzene rings is 1. The van der Waals surface area contributed by atoms with Gasteiger partial charge in [0.05, 0.1) is 27.7 Å². The Morgan fingerprint density at radius 2 is 1.29 bits per heavy atom. The second kappa shape index (κ2) is 11.5. The lowest BCUT2D eigenvalue weighted by atomic mass is 9.80. The molecule has 0 saturated heterocycles. The van der Waals surface area contributed by atoms with Gasteiger partial charge in [-0.05, 0) is 83.4 Å². The Balaban J connectivity index is 1.27. The molecule has 6 rings (SSSR count). The molecule has 2 aliphatic rings. The summed E-state index contributed by atoms with van der Waals surface area (Å²) in [7, 11) is 0. The van der Waals surface area contributed by atoms with Crippen LogP contribution in [0.5, 0.6) is 11.5 Å². The first-order chi connectivity index (χ1) is 19.8. The molecule has 0 spiro atoms. The first kappa shape index (κ1) is 27.8. The Morgan fingerprint density at radius 1 is 0.756 bits per heavy atom. The smallest absolute Gasteiger partial charge is 0.314 e. The molecule has 0 unspecified atom stereocenters. The third-order valence-corrected chi connectivity index (χ3v) is 10.8. The number of fused-ring (bicyclic) bond motifs is 2. The SMILES string of the molecule is CC(=O)C1CCC(C(=O)Oc2ccc(OC(=O)C3CCC(C(C)=O)CC3)c3sc(-c4cc5occc5s4)nc23)CC1. The number of thiophene rings is 1. The molecule has 0 bridgehead atoms. The van der Waals surface area contributed by atoms with Gasteiger partial charge < -0.3 is 13.9 Å². The van der Waals surface area contributed by atoms with Crippen molar-refractivity contribution in [2.24, 2.45) is 23.7 Å². The second-order valence-corrected chi connectivity index (χ2v) is 13.3. The molecule has 4 aromatic rings. The molecular formula is C31H31NO7S2. The van der Waals surface area contributed by atoms with Crippen LogP contribution in [-0.4, -0.2) is 28.5 Å². The van der Waals surface area contributed by atoms with E-state index in [0.29, 0.717) is 78.1 Å². The van der Waals surface area contributed by atoms with E-state index in [-0.39, 0.29) is 47.2 Å². The van der Waals surface area contributed by atoms with Crippen molar-refractivity contribution < 1.29 is 33.1 Å². The van der Waals surface area contributed by atoms with Crippen molar-refractivity contribution in [2.45, 2.75) is 65.2 Å². The summed E-state index contributed by atoms with van der Waals surface area (Å²) in [5.74, 6) is -0.0956. The van der Waals surface area contributed by atoms with E-state index in [0.717, 1.165) is 15.2 Å². The number of ether oxygens (including phenoxy) is 2. The molecule has 3 aromatic heterocycles. The molecule has 8 nitrogen and oxygen atoms in total. The number of aromatic nitrogens is 1. The number of nitrogens with zero attached hydrogens (tertiary/aromatic N) is 1. The number of hydrogen-bond acceptors (Lipinski definition) is 10. The maximum absolute atomic E-state index is 13.1. The van der Waals surface area contributed by atoms with Crippen LogP contribution < -0.4 is 9.47 Å². The van der Waals surface area contributed by atoms with E-state index in [9.17, 15) is 19.2 Å². The molecule has 1 aromatic carbocycles. The van der Waals surface area contributed by atoms with E-state index in [1.807, 2.05) is 12.1 Å². The Morgan fingerprint density at radius 3 is 1.85 bits per heavy atom. The van der Waals surface area contributed by atoms with Crippen LogP contribution in [-0.2, 0) is 19.2 Å². The Labute approximate surface area is 245 Å². The summed E-state index contributed by atoms with van der Waals surface area (Å²) in [6.45, 7) is 3.22. The molecule has 0 amide bonds. The average molecular weight is 594 g/mol. The lowest BCUT2D eigenvalue weighted by Gasteiger charge is -2.25. The van der Waals surface area contributed by atoms with Crippen LogP contribution in [0, 0.1) is 23.7 Å². The van der Waals surface area contributed by atoms with Crippen LogP contribution in [0.15, 0.2) is 34.9 Å². The highest BCUT2D eigenvalue weighted by atomic mass is 32.1. The largest absolute Gasteiger partial charge is 0.463 e. The summed E-state index contributed by atoms with van der Waals surface area (Å²) in [6.07, 6.45) is 6.88. The number of Topliss-reactive ketones (excluding diaryl/α,β-unsaturated/α-hetero) is 2. The Kier molecular flexibility index (Phi) is 7.78. The molecule has 2 saturated carbocycles. The Hall–Kier alpha value is -3.37. The van der Waals surface area contributed by atoms with Crippen LogP contribution in [0.3, 0.4) is 0 Å². The number of esters is 2. The molecule has 2 aliphatic carbocycles. The summed E-state index contributed by atoms with van der Waals surface area (Å²) in [5, 5.41) is 0.709. The summed E-state index contributed by atoms with van der Waals surface area (Å²) in [5.41, 5.74) is 1.23. The predicted molar refractivity (Wildman–Crippen MR) is 156 cm³/mol. The van der Waals surface area contributed by atoms with Gasteiger partial charge >= 0.3 is 11.9 Å². The summed E-state index contributed by atoms with van der Waals surface area (Å²) < 4.78 is 19.0. The maximum atomic E-state index is 13.1. The van der Waals surface area contributed by atoms with E-state index < -0.39 is 0 Å². The fraction of sp³-hybridized carbons (Fsp3) is 0.452. The number of thiazole rings is 1. The van der Waals surface area contributed by atoms with Gasteiger partial charge in [-0.1, -0.05) is 0 Å². The molecular weight excluding hydrogens is 562 g/mol. The predicted octanol–water partition coefficient (Wildman–Crippen LogP) is 7.37. The number of furan rings is 1. The quantitative estimate of drug-likeness (QED) is 0.161. The van der Waals surface area contributed by atoms with E-state index in [2.05, 4.69) is 0 Å². The van der Waals surface area contributed by atoms with Crippen LogP contribution in [0.25, 0.3) is 30.4 Å². The van der Waals surface area contributed by atoms with Crippen molar-refractivity contribution in [1.82, 2.24) is 4.98 Å². The number of carbonyl (C=O) groups excluding carboxylic acids is 4. The zero-order chi connectivity index (χ0) is 28.7. The van der Waals surface area contributed by atoms with Crippen molar-refractivity contribution in [2.75, 3.05) is 0 Å². The number of ketones is 2. The summed E-state index contributed by atoms with van der Waals surface area (Å²) in [4.78, 5) is 55.5. The monoisotopic (exact) mass is 593 g/mol. The molecule has 214 valence electrons. The molecule has 0 N–H and O–H groups in total. The number of rotatable bonds is 7. The fourth-order valence-corrected chi connectivity index (χ4v) is 8.01. The van der Waals surface area contributed by atoms with Gasteiger partial charge in [0.1, 0.15) is 32.4 Å². The second-order valence-electron chi connectivity index (χ2n) is 11.2. The normalized spacial score (nSPS) is 23.0. The average Bonchev–Trinajstić information content (AvgIpc) is 3.70. The first-order valence-corrected chi connectivity index (χ1v) is 15.8. The van der Waals surface area contributed by atoms with Gasteiger partial charge in [-0.25, -0.2) is 4.98 Å². The highest BCUT2D eigenvalue weighted by molar-refractivity contribution is 7.28. The third kappa shape index (κ3) is 5.72. The third-order valence-electron chi connectivity index (χ3n) is 8.51. The molecule has 0 atom stereocenters. The van der Waals surface area contributed by atoms with Crippen LogP contribution in [0.2, 0.25) is 0 Å². The van der Waals surface area contributed by atoms with Crippen molar-refractivity contribution in [3.8, 4) is 21.4 Å². The van der Waals surface area contributed by atoms with Gasteiger partial charge in [-0.2, -0.15) is 0 Å². The zero-order valence-corrected chi connectivity index (χ0v) is 24.6. The molecule has 0 radical (unpaired) electrons. The lowest BCUT2D eigenvalue weighted by Crippen LogP contribution is -2.28. The van der Waals surface area contributed by atoms with Gasteiger partial charge in [0.25, 0.3) is 0 Å². The van der Waals surface area contributed by atoms with Gasteiger partial charge in [-0.15, -0.1) is 22.7 Å². The molecule has 3 heterocycles. The standard InChI is InChI=1S/C31H31NO7S2/c1-16(33)18-3-7-20(8-4-18)30(35)38-22-11-12-23(39-31(36)21-9-5-19(6-10-21)17(2)34)28-27(22)32-29(41-28)26-15-24-25(40-26)13-14-37-24/h11-15,18-21H,3-10H2,1-2H3. The lowest BCUT2D eigenvalue weighted by molar-refractivity contribution is -0.141. The van der Waals surface area contributed by atoms with Gasteiger partial charge in [-0.3, -0.25) is 19.2 Å². The van der Waals surface area contributed by atoms with Crippen LogP contribution in [0.4, 0.5) is 0 Å². The van der Waals surface area contributed by atoms with Crippen LogP contribution in [0.1, 0.15) is 65.2 Å². The minimum atomic E-state index is -0.330. The number of carbonyl (C=O) groups is 4. The molecule has 10 heteroatoms. The van der Waals surface area contributed by atoms with Crippen molar-refractivity contribution in [1.29, 1.82) is 0 Å². The fourth-order valence-electron chi connectivity index (χ4n) is 5.95. The van der Waals surface area contributed by atoms with E-state index >= 15 is 0 Å². The van der Waals surface area contributed by atoms with Gasteiger partial charge in [0.2, 0.25) is 0 Å². The van der Waals surface area contributed by atoms with Gasteiger partial charge in [0.15, 0.2) is 11.5 Å². The highest BCUT2D eigenvalue weighted by Crippen LogP contribution is 2.44.